The van der Waals surface area contributed by atoms with Crippen molar-refractivity contribution in [2.24, 2.45) is 5.16 Å². The molecule has 124 valence electrons. The van der Waals surface area contributed by atoms with Crippen molar-refractivity contribution in [1.29, 1.82) is 0 Å². The molecule has 2 aliphatic heterocycles. The van der Waals surface area contributed by atoms with Gasteiger partial charge in [0.2, 0.25) is 0 Å². The van der Waals surface area contributed by atoms with Gasteiger partial charge in [-0.2, -0.15) is 0 Å². The number of oxime groups is 1. The standard InChI is InChI=1S/C18H23IN2O2/c1-4-16(20-23-3)18-11-13(12-5-7-14(19)8-6-12)9-15(21(18)2)10-17(18)22/h5-8,11,15,17,22H,4,9-10H2,1-3H3/t15?,17?,18-/m1/s1. The number of nitrogens with zero attached hydrogens (tertiary/aromatic N) is 2. The molecular weight excluding hydrogens is 403 g/mol. The molecule has 5 heteroatoms. The fourth-order valence-electron chi connectivity index (χ4n) is 4.00. The van der Waals surface area contributed by atoms with Gasteiger partial charge in [-0.25, -0.2) is 0 Å². The van der Waals surface area contributed by atoms with Crippen molar-refractivity contribution in [2.75, 3.05) is 14.2 Å². The van der Waals surface area contributed by atoms with Crippen LogP contribution in [-0.4, -0.2) is 47.6 Å². The molecule has 0 saturated carbocycles. The lowest BCUT2D eigenvalue weighted by molar-refractivity contribution is 0.106. The summed E-state index contributed by atoms with van der Waals surface area (Å²) in [6.07, 6.45) is 4.24. The highest BCUT2D eigenvalue weighted by Gasteiger charge is 2.55. The lowest BCUT2D eigenvalue weighted by atomic mass is 9.82. The van der Waals surface area contributed by atoms with Gasteiger partial charge < -0.3 is 9.94 Å². The molecule has 0 radical (unpaired) electrons. The van der Waals surface area contributed by atoms with E-state index in [1.165, 1.54) is 14.7 Å². The summed E-state index contributed by atoms with van der Waals surface area (Å²) in [4.78, 5) is 7.34. The Labute approximate surface area is 151 Å². The predicted molar refractivity (Wildman–Crippen MR) is 101 cm³/mol. The number of aliphatic hydroxyl groups excluding tert-OH is 1. The third kappa shape index (κ3) is 2.72. The molecule has 1 N–H and O–H groups in total. The third-order valence-electron chi connectivity index (χ3n) is 5.20. The van der Waals surface area contributed by atoms with Crippen LogP contribution in [-0.2, 0) is 4.84 Å². The van der Waals surface area contributed by atoms with E-state index in [2.05, 4.69) is 77.0 Å². The van der Waals surface area contributed by atoms with Gasteiger partial charge in [-0.05, 0) is 72.2 Å². The van der Waals surface area contributed by atoms with E-state index in [0.717, 1.165) is 25.0 Å². The van der Waals surface area contributed by atoms with Crippen LogP contribution in [0, 0.1) is 3.57 Å². The summed E-state index contributed by atoms with van der Waals surface area (Å²) in [5.74, 6) is 0. The zero-order valence-corrected chi connectivity index (χ0v) is 15.9. The molecule has 0 aromatic heterocycles. The van der Waals surface area contributed by atoms with E-state index in [1.807, 2.05) is 0 Å². The molecule has 0 amide bonds. The Balaban J connectivity index is 2.11. The van der Waals surface area contributed by atoms with Gasteiger partial charge in [-0.1, -0.05) is 30.3 Å². The largest absolute Gasteiger partial charge is 0.399 e. The first-order valence-electron chi connectivity index (χ1n) is 8.02. The molecule has 2 unspecified atom stereocenters. The van der Waals surface area contributed by atoms with Crippen molar-refractivity contribution in [2.45, 2.75) is 43.9 Å². The number of halogens is 1. The second-order valence-corrected chi connectivity index (χ2v) is 7.54. The smallest absolute Gasteiger partial charge is 0.108 e. The Hall–Kier alpha value is -0.920. The lowest BCUT2D eigenvalue weighted by Crippen LogP contribution is -2.56. The average molecular weight is 426 g/mol. The van der Waals surface area contributed by atoms with Gasteiger partial charge in [0.1, 0.15) is 12.6 Å². The topological polar surface area (TPSA) is 45.1 Å². The summed E-state index contributed by atoms with van der Waals surface area (Å²) in [6.45, 7) is 2.06. The number of fused-ring (bicyclic) bond motifs is 2. The van der Waals surface area contributed by atoms with Crippen molar-refractivity contribution in [1.82, 2.24) is 4.90 Å². The Bertz CT molecular complexity index is 641. The molecule has 1 aromatic carbocycles. The number of likely N-dealkylation sites (N-methyl/N-ethyl adjacent to an activating group) is 1. The first kappa shape index (κ1) is 16.9. The summed E-state index contributed by atoms with van der Waals surface area (Å²) in [5.41, 5.74) is 2.86. The second kappa shape index (κ2) is 6.53. The minimum Gasteiger partial charge on any atom is -0.399 e. The summed E-state index contributed by atoms with van der Waals surface area (Å²) in [7, 11) is 3.65. The van der Waals surface area contributed by atoms with Gasteiger partial charge in [0.05, 0.1) is 11.8 Å². The minimum atomic E-state index is -0.550. The molecule has 1 aromatic rings. The van der Waals surface area contributed by atoms with Gasteiger partial charge in [-0.15, -0.1) is 0 Å². The van der Waals surface area contributed by atoms with Crippen molar-refractivity contribution >= 4 is 33.9 Å². The quantitative estimate of drug-likeness (QED) is 0.457. The average Bonchev–Trinajstić information content (AvgIpc) is 2.69. The number of rotatable bonds is 4. The SMILES string of the molecule is CCC(=NOC)[C@]12C=C(c3ccc(I)cc3)CC(CC1O)N2C. The molecule has 0 aliphatic carbocycles. The van der Waals surface area contributed by atoms with Gasteiger partial charge in [0, 0.05) is 9.61 Å². The van der Waals surface area contributed by atoms with Gasteiger partial charge >= 0.3 is 0 Å². The molecule has 2 aliphatic rings. The van der Waals surface area contributed by atoms with E-state index in [0.29, 0.717) is 6.04 Å². The van der Waals surface area contributed by atoms with Crippen LogP contribution in [0.25, 0.3) is 5.57 Å². The fourth-order valence-corrected chi connectivity index (χ4v) is 4.36. The highest BCUT2D eigenvalue weighted by atomic mass is 127. The van der Waals surface area contributed by atoms with Crippen LogP contribution in [0.2, 0.25) is 0 Å². The maximum Gasteiger partial charge on any atom is 0.108 e. The molecule has 1 fully saturated rings. The number of benzene rings is 1. The van der Waals surface area contributed by atoms with Crippen molar-refractivity contribution < 1.29 is 9.94 Å². The van der Waals surface area contributed by atoms with Gasteiger partial charge in [-0.3, -0.25) is 4.90 Å². The van der Waals surface area contributed by atoms with E-state index >= 15 is 0 Å². The minimum absolute atomic E-state index is 0.331. The Kier molecular flexibility index (Phi) is 4.80. The van der Waals surface area contributed by atoms with Crippen molar-refractivity contribution in [3.63, 3.8) is 0 Å². The Morgan fingerprint density at radius 1 is 1.43 bits per heavy atom. The molecule has 2 heterocycles. The summed E-state index contributed by atoms with van der Waals surface area (Å²) >= 11 is 2.32. The van der Waals surface area contributed by atoms with Crippen LogP contribution in [0.15, 0.2) is 35.5 Å². The number of aliphatic hydroxyl groups is 1. The number of hydrogen-bond acceptors (Lipinski definition) is 4. The molecular formula is C18H23IN2O2. The Morgan fingerprint density at radius 2 is 2.13 bits per heavy atom. The summed E-state index contributed by atoms with van der Waals surface area (Å²) in [5, 5.41) is 15.1. The van der Waals surface area contributed by atoms with E-state index in [4.69, 9.17) is 4.84 Å². The molecule has 1 saturated heterocycles. The van der Waals surface area contributed by atoms with Crippen LogP contribution in [0.3, 0.4) is 0 Å². The molecule has 4 nitrogen and oxygen atoms in total. The van der Waals surface area contributed by atoms with Crippen LogP contribution >= 0.6 is 22.6 Å². The summed E-state index contributed by atoms with van der Waals surface area (Å²) in [6, 6.07) is 8.92. The number of hydrogen-bond donors (Lipinski definition) is 1. The molecule has 2 bridgehead atoms. The monoisotopic (exact) mass is 426 g/mol. The lowest BCUT2D eigenvalue weighted by Gasteiger charge is -2.42. The van der Waals surface area contributed by atoms with Gasteiger partial charge in [0.15, 0.2) is 0 Å². The summed E-state index contributed by atoms with van der Waals surface area (Å²) < 4.78 is 1.23. The first-order chi connectivity index (χ1) is 11.0. The van der Waals surface area contributed by atoms with Crippen LogP contribution < -0.4 is 0 Å². The van der Waals surface area contributed by atoms with Crippen LogP contribution in [0.4, 0.5) is 0 Å². The van der Waals surface area contributed by atoms with Crippen molar-refractivity contribution in [3.8, 4) is 0 Å². The zero-order chi connectivity index (χ0) is 16.6. The fraction of sp³-hybridized carbons (Fsp3) is 0.500. The highest BCUT2D eigenvalue weighted by molar-refractivity contribution is 14.1. The van der Waals surface area contributed by atoms with Crippen molar-refractivity contribution in [3.05, 3.63) is 39.5 Å². The normalized spacial score (nSPS) is 31.2. The maximum absolute atomic E-state index is 10.8. The maximum atomic E-state index is 10.8. The van der Waals surface area contributed by atoms with Crippen LogP contribution in [0.5, 0.6) is 0 Å². The highest BCUT2D eigenvalue weighted by Crippen LogP contribution is 2.45. The first-order valence-corrected chi connectivity index (χ1v) is 9.10. The Morgan fingerprint density at radius 3 is 2.74 bits per heavy atom. The molecule has 3 atom stereocenters. The van der Waals surface area contributed by atoms with Gasteiger partial charge in [0.25, 0.3) is 0 Å². The molecule has 3 rings (SSSR count). The van der Waals surface area contributed by atoms with E-state index in [9.17, 15) is 5.11 Å². The predicted octanol–water partition coefficient (Wildman–Crippen LogP) is 3.29. The van der Waals surface area contributed by atoms with Crippen LogP contribution in [0.1, 0.15) is 31.7 Å². The molecule has 23 heavy (non-hydrogen) atoms. The van der Waals surface area contributed by atoms with E-state index < -0.39 is 11.6 Å². The molecule has 0 spiro atoms. The third-order valence-corrected chi connectivity index (χ3v) is 5.92. The van der Waals surface area contributed by atoms with E-state index in [1.54, 1.807) is 7.11 Å². The second-order valence-electron chi connectivity index (χ2n) is 6.30. The van der Waals surface area contributed by atoms with E-state index in [-0.39, 0.29) is 0 Å². The zero-order valence-electron chi connectivity index (χ0n) is 13.8.